The molecule has 2 rings (SSSR count). The molecule has 0 spiro atoms. The summed E-state index contributed by atoms with van der Waals surface area (Å²) in [6, 6.07) is 1.87. The Morgan fingerprint density at radius 3 is 2.90 bits per heavy atom. The molecule has 1 amide bonds. The number of hydrogen-bond acceptors (Lipinski definition) is 3. The summed E-state index contributed by atoms with van der Waals surface area (Å²) in [5.41, 5.74) is 6.49. The molecule has 1 aliphatic rings. The Balaban J connectivity index is 2.20. The summed E-state index contributed by atoms with van der Waals surface area (Å²) in [5, 5.41) is 12.9. The standard InChI is InChI=1S/C16H27N3O2/c1-11(2)19-9-13(17)7-14(19)15(21)18-16(10-20)6-4-5-12(3)8-16/h7,9,11-12,20H,4-6,8,10,17H2,1-3H3,(H,18,21). The van der Waals surface area contributed by atoms with Crippen LogP contribution >= 0.6 is 0 Å². The molecular weight excluding hydrogens is 266 g/mol. The second-order valence-electron chi connectivity index (χ2n) is 6.75. The number of amides is 1. The van der Waals surface area contributed by atoms with Gasteiger partial charge in [-0.25, -0.2) is 0 Å². The first-order chi connectivity index (χ1) is 9.87. The zero-order valence-electron chi connectivity index (χ0n) is 13.2. The van der Waals surface area contributed by atoms with E-state index >= 15 is 0 Å². The molecule has 0 aromatic carbocycles. The van der Waals surface area contributed by atoms with Gasteiger partial charge < -0.3 is 20.7 Å². The average molecular weight is 293 g/mol. The normalized spacial score (nSPS) is 26.0. The molecule has 21 heavy (non-hydrogen) atoms. The van der Waals surface area contributed by atoms with E-state index in [1.165, 1.54) is 0 Å². The van der Waals surface area contributed by atoms with Crippen LogP contribution in [0.4, 0.5) is 5.69 Å². The molecule has 1 aromatic heterocycles. The fourth-order valence-corrected chi connectivity index (χ4v) is 3.37. The molecule has 118 valence electrons. The summed E-state index contributed by atoms with van der Waals surface area (Å²) < 4.78 is 1.88. The summed E-state index contributed by atoms with van der Waals surface area (Å²) >= 11 is 0. The third kappa shape index (κ3) is 3.40. The molecule has 4 N–H and O–H groups in total. The number of nitrogens with zero attached hydrogens (tertiary/aromatic N) is 1. The molecule has 2 unspecified atom stereocenters. The summed E-state index contributed by atoms with van der Waals surface area (Å²) in [5.74, 6) is 0.372. The lowest BCUT2D eigenvalue weighted by Crippen LogP contribution is -2.54. The highest BCUT2D eigenvalue weighted by molar-refractivity contribution is 5.94. The second-order valence-corrected chi connectivity index (χ2v) is 6.75. The lowest BCUT2D eigenvalue weighted by molar-refractivity contribution is 0.0688. The molecule has 0 bridgehead atoms. The summed E-state index contributed by atoms with van der Waals surface area (Å²) in [6.07, 6.45) is 5.64. The summed E-state index contributed by atoms with van der Waals surface area (Å²) in [6.45, 7) is 6.19. The Labute approximate surface area is 126 Å². The lowest BCUT2D eigenvalue weighted by Gasteiger charge is -2.39. The number of nitrogen functional groups attached to an aromatic ring is 1. The van der Waals surface area contributed by atoms with Crippen molar-refractivity contribution >= 4 is 11.6 Å². The lowest BCUT2D eigenvalue weighted by atomic mass is 9.77. The van der Waals surface area contributed by atoms with Crippen LogP contribution in [-0.4, -0.2) is 27.7 Å². The Morgan fingerprint density at radius 2 is 2.33 bits per heavy atom. The van der Waals surface area contributed by atoms with Gasteiger partial charge in [0, 0.05) is 12.2 Å². The van der Waals surface area contributed by atoms with Gasteiger partial charge in [0.05, 0.1) is 17.8 Å². The smallest absolute Gasteiger partial charge is 0.268 e. The maximum atomic E-state index is 12.6. The third-order valence-corrected chi connectivity index (χ3v) is 4.43. The van der Waals surface area contributed by atoms with Gasteiger partial charge in [0.2, 0.25) is 0 Å². The van der Waals surface area contributed by atoms with E-state index in [9.17, 15) is 9.90 Å². The first-order valence-corrected chi connectivity index (χ1v) is 7.77. The van der Waals surface area contributed by atoms with Gasteiger partial charge in [-0.15, -0.1) is 0 Å². The fraction of sp³-hybridized carbons (Fsp3) is 0.688. The van der Waals surface area contributed by atoms with Crippen molar-refractivity contribution in [3.63, 3.8) is 0 Å². The van der Waals surface area contributed by atoms with Crippen molar-refractivity contribution < 1.29 is 9.90 Å². The van der Waals surface area contributed by atoms with Crippen LogP contribution in [0.25, 0.3) is 0 Å². The molecule has 1 fully saturated rings. The van der Waals surface area contributed by atoms with E-state index in [-0.39, 0.29) is 18.6 Å². The molecule has 1 aliphatic carbocycles. The van der Waals surface area contributed by atoms with Crippen molar-refractivity contribution in [3.8, 4) is 0 Å². The number of aliphatic hydroxyl groups is 1. The first-order valence-electron chi connectivity index (χ1n) is 7.77. The predicted octanol–water partition coefficient (Wildman–Crippen LogP) is 2.32. The number of aliphatic hydroxyl groups excluding tert-OH is 1. The van der Waals surface area contributed by atoms with Crippen LogP contribution in [0.15, 0.2) is 12.3 Å². The molecule has 0 saturated heterocycles. The van der Waals surface area contributed by atoms with Gasteiger partial charge in [-0.1, -0.05) is 19.8 Å². The number of aromatic nitrogens is 1. The third-order valence-electron chi connectivity index (χ3n) is 4.43. The number of carbonyl (C=O) groups excluding carboxylic acids is 1. The monoisotopic (exact) mass is 293 g/mol. The van der Waals surface area contributed by atoms with Crippen LogP contribution in [0.5, 0.6) is 0 Å². The van der Waals surface area contributed by atoms with Crippen molar-refractivity contribution in [2.45, 2.75) is 58.0 Å². The van der Waals surface area contributed by atoms with E-state index in [0.717, 1.165) is 25.7 Å². The molecule has 0 aliphatic heterocycles. The number of rotatable bonds is 4. The molecule has 5 heteroatoms. The molecule has 1 aromatic rings. The second kappa shape index (κ2) is 6.10. The van der Waals surface area contributed by atoms with E-state index in [2.05, 4.69) is 12.2 Å². The van der Waals surface area contributed by atoms with Gasteiger partial charge in [0.25, 0.3) is 5.91 Å². The van der Waals surface area contributed by atoms with Crippen molar-refractivity contribution in [3.05, 3.63) is 18.0 Å². The van der Waals surface area contributed by atoms with E-state index in [1.807, 2.05) is 18.4 Å². The highest BCUT2D eigenvalue weighted by atomic mass is 16.3. The Morgan fingerprint density at radius 1 is 1.62 bits per heavy atom. The number of carbonyl (C=O) groups is 1. The van der Waals surface area contributed by atoms with Gasteiger partial charge >= 0.3 is 0 Å². The van der Waals surface area contributed by atoms with Crippen molar-refractivity contribution in [2.75, 3.05) is 12.3 Å². The van der Waals surface area contributed by atoms with Crippen molar-refractivity contribution in [1.82, 2.24) is 9.88 Å². The van der Waals surface area contributed by atoms with Gasteiger partial charge in [0.15, 0.2) is 0 Å². The number of nitrogens with one attached hydrogen (secondary N) is 1. The van der Waals surface area contributed by atoms with Crippen molar-refractivity contribution in [1.29, 1.82) is 0 Å². The topological polar surface area (TPSA) is 80.3 Å². The minimum atomic E-state index is -0.490. The highest BCUT2D eigenvalue weighted by Gasteiger charge is 2.36. The summed E-state index contributed by atoms with van der Waals surface area (Å²) in [7, 11) is 0. The van der Waals surface area contributed by atoms with Gasteiger partial charge in [-0.2, -0.15) is 0 Å². The molecular formula is C16H27N3O2. The fourth-order valence-electron chi connectivity index (χ4n) is 3.37. The highest BCUT2D eigenvalue weighted by Crippen LogP contribution is 2.32. The molecule has 1 saturated carbocycles. The van der Waals surface area contributed by atoms with Gasteiger partial charge in [-0.3, -0.25) is 4.79 Å². The van der Waals surface area contributed by atoms with E-state index in [1.54, 1.807) is 12.3 Å². The molecule has 1 heterocycles. The zero-order chi connectivity index (χ0) is 15.6. The molecule has 0 radical (unpaired) electrons. The van der Waals surface area contributed by atoms with Crippen molar-refractivity contribution in [2.24, 2.45) is 5.92 Å². The van der Waals surface area contributed by atoms with E-state index in [4.69, 9.17) is 5.73 Å². The largest absolute Gasteiger partial charge is 0.397 e. The number of hydrogen-bond donors (Lipinski definition) is 3. The average Bonchev–Trinajstić information content (AvgIpc) is 2.81. The Hall–Kier alpha value is -1.49. The maximum Gasteiger partial charge on any atom is 0.268 e. The Bertz CT molecular complexity index is 510. The molecule has 5 nitrogen and oxygen atoms in total. The number of anilines is 1. The van der Waals surface area contributed by atoms with Gasteiger partial charge in [-0.05, 0) is 38.7 Å². The minimum Gasteiger partial charge on any atom is -0.397 e. The van der Waals surface area contributed by atoms with Crippen LogP contribution in [0.1, 0.15) is 63.0 Å². The van der Waals surface area contributed by atoms with E-state index in [0.29, 0.717) is 17.3 Å². The van der Waals surface area contributed by atoms with Crippen LogP contribution in [-0.2, 0) is 0 Å². The SMILES string of the molecule is CC1CCCC(CO)(NC(=O)c2cc(N)cn2C(C)C)C1. The first kappa shape index (κ1) is 15.9. The number of nitrogens with two attached hydrogens (primary N) is 1. The zero-order valence-corrected chi connectivity index (χ0v) is 13.2. The van der Waals surface area contributed by atoms with E-state index < -0.39 is 5.54 Å². The van der Waals surface area contributed by atoms with Crippen LogP contribution < -0.4 is 11.1 Å². The van der Waals surface area contributed by atoms with Crippen LogP contribution in [0, 0.1) is 5.92 Å². The maximum absolute atomic E-state index is 12.6. The van der Waals surface area contributed by atoms with Crippen LogP contribution in [0.2, 0.25) is 0 Å². The van der Waals surface area contributed by atoms with Crippen LogP contribution in [0.3, 0.4) is 0 Å². The summed E-state index contributed by atoms with van der Waals surface area (Å²) in [4.78, 5) is 12.6. The van der Waals surface area contributed by atoms with Gasteiger partial charge in [0.1, 0.15) is 5.69 Å². The predicted molar refractivity (Wildman–Crippen MR) is 84.1 cm³/mol. The Kier molecular flexibility index (Phi) is 4.61. The minimum absolute atomic E-state index is 0.0129. The molecule has 2 atom stereocenters. The quantitative estimate of drug-likeness (QED) is 0.797.